The summed E-state index contributed by atoms with van der Waals surface area (Å²) in [5.41, 5.74) is 1.82. The van der Waals surface area contributed by atoms with Gasteiger partial charge in [0.1, 0.15) is 0 Å². The molecule has 0 spiro atoms. The quantitative estimate of drug-likeness (QED) is 0.446. The van der Waals surface area contributed by atoms with Gasteiger partial charge in [-0.15, -0.1) is 0 Å². The highest BCUT2D eigenvalue weighted by molar-refractivity contribution is 5.90. The number of hydrogen-bond donors (Lipinski definition) is 3. The minimum absolute atomic E-state index is 0.0299. The van der Waals surface area contributed by atoms with Gasteiger partial charge in [0.25, 0.3) is 0 Å². The first kappa shape index (κ1) is 23.5. The molecule has 0 aliphatic carbocycles. The van der Waals surface area contributed by atoms with Crippen LogP contribution < -0.4 is 16.0 Å². The smallest absolute Gasteiger partial charge is 0.409 e. The molecular weight excluding hydrogens is 382 g/mol. The van der Waals surface area contributed by atoms with Gasteiger partial charge in [-0.05, 0) is 50.8 Å². The number of rotatable bonds is 8. The van der Waals surface area contributed by atoms with Crippen LogP contribution in [0.5, 0.6) is 0 Å². The van der Waals surface area contributed by atoms with Crippen molar-refractivity contribution in [2.75, 3.05) is 31.6 Å². The van der Waals surface area contributed by atoms with Crippen LogP contribution in [0.25, 0.3) is 0 Å². The molecule has 8 nitrogen and oxygen atoms in total. The molecule has 0 bridgehead atoms. The molecule has 3 N–H and O–H groups in total. The Morgan fingerprint density at radius 1 is 1.20 bits per heavy atom. The average Bonchev–Trinajstić information content (AvgIpc) is 2.73. The van der Waals surface area contributed by atoms with Crippen LogP contribution in [0, 0.1) is 0 Å². The first-order valence-corrected chi connectivity index (χ1v) is 10.9. The molecule has 1 saturated heterocycles. The predicted molar refractivity (Wildman–Crippen MR) is 120 cm³/mol. The number of aliphatic imine (C=N–C) groups is 1. The lowest BCUT2D eigenvalue weighted by Crippen LogP contribution is -2.49. The van der Waals surface area contributed by atoms with Crippen molar-refractivity contribution in [3.63, 3.8) is 0 Å². The van der Waals surface area contributed by atoms with Gasteiger partial charge in [0.05, 0.1) is 13.2 Å². The van der Waals surface area contributed by atoms with E-state index in [-0.39, 0.29) is 18.0 Å². The molecule has 0 aromatic heterocycles. The molecule has 1 aliphatic rings. The van der Waals surface area contributed by atoms with Gasteiger partial charge in [0.2, 0.25) is 5.91 Å². The zero-order chi connectivity index (χ0) is 21.8. The van der Waals surface area contributed by atoms with Crippen molar-refractivity contribution in [3.05, 3.63) is 29.8 Å². The van der Waals surface area contributed by atoms with Gasteiger partial charge in [-0.1, -0.05) is 19.1 Å². The van der Waals surface area contributed by atoms with Gasteiger partial charge in [-0.25, -0.2) is 9.79 Å². The first-order chi connectivity index (χ1) is 14.5. The number of anilines is 1. The van der Waals surface area contributed by atoms with E-state index in [1.165, 1.54) is 0 Å². The summed E-state index contributed by atoms with van der Waals surface area (Å²) in [6.07, 6.45) is 2.81. The molecule has 0 atom stereocenters. The zero-order valence-corrected chi connectivity index (χ0v) is 18.4. The second-order valence-electron chi connectivity index (χ2n) is 7.30. The van der Waals surface area contributed by atoms with Crippen LogP contribution in [0.4, 0.5) is 10.5 Å². The first-order valence-electron chi connectivity index (χ1n) is 10.9. The largest absolute Gasteiger partial charge is 0.450 e. The van der Waals surface area contributed by atoms with E-state index in [1.54, 1.807) is 4.90 Å². The van der Waals surface area contributed by atoms with Gasteiger partial charge in [-0.2, -0.15) is 0 Å². The number of carbonyl (C=O) groups is 2. The summed E-state index contributed by atoms with van der Waals surface area (Å²) in [6.45, 7) is 8.86. The van der Waals surface area contributed by atoms with E-state index in [4.69, 9.17) is 9.73 Å². The van der Waals surface area contributed by atoms with Crippen molar-refractivity contribution in [1.82, 2.24) is 15.5 Å². The number of carbonyl (C=O) groups excluding carboxylic acids is 2. The van der Waals surface area contributed by atoms with E-state index < -0.39 is 0 Å². The highest BCUT2D eigenvalue weighted by atomic mass is 16.6. The van der Waals surface area contributed by atoms with Crippen molar-refractivity contribution in [2.45, 2.75) is 59.0 Å². The fraction of sp³-hybridized carbons (Fsp3) is 0.591. The summed E-state index contributed by atoms with van der Waals surface area (Å²) in [4.78, 5) is 30.1. The predicted octanol–water partition coefficient (Wildman–Crippen LogP) is 3.10. The number of likely N-dealkylation sites (tertiary alicyclic amines) is 1. The molecule has 0 unspecified atom stereocenters. The Balaban J connectivity index is 1.90. The highest BCUT2D eigenvalue weighted by Gasteiger charge is 2.24. The third kappa shape index (κ3) is 7.93. The second kappa shape index (κ2) is 12.7. The number of nitrogens with one attached hydrogen (secondary N) is 3. The average molecular weight is 418 g/mol. The Hall–Kier alpha value is -2.77. The molecule has 0 radical (unpaired) electrons. The normalized spacial score (nSPS) is 14.9. The van der Waals surface area contributed by atoms with Gasteiger partial charge < -0.3 is 25.6 Å². The maximum atomic E-state index is 11.8. The summed E-state index contributed by atoms with van der Waals surface area (Å²) in [5, 5.41) is 9.68. The Kier molecular flexibility index (Phi) is 9.97. The van der Waals surface area contributed by atoms with E-state index in [9.17, 15) is 9.59 Å². The van der Waals surface area contributed by atoms with Crippen LogP contribution in [-0.2, 0) is 16.1 Å². The van der Waals surface area contributed by atoms with Crippen molar-refractivity contribution >= 4 is 23.6 Å². The summed E-state index contributed by atoms with van der Waals surface area (Å²) in [6, 6.07) is 8.03. The summed E-state index contributed by atoms with van der Waals surface area (Å²) >= 11 is 0. The van der Waals surface area contributed by atoms with E-state index in [0.29, 0.717) is 32.7 Å². The monoisotopic (exact) mass is 417 g/mol. The molecule has 1 aromatic rings. The number of ether oxygens (including phenoxy) is 1. The Morgan fingerprint density at radius 2 is 1.97 bits per heavy atom. The van der Waals surface area contributed by atoms with Crippen LogP contribution in [0.15, 0.2) is 29.3 Å². The molecule has 1 aromatic carbocycles. The Morgan fingerprint density at radius 3 is 2.63 bits per heavy atom. The lowest BCUT2D eigenvalue weighted by atomic mass is 10.1. The van der Waals surface area contributed by atoms with Crippen molar-refractivity contribution in [3.8, 4) is 0 Å². The molecule has 1 aliphatic heterocycles. The van der Waals surface area contributed by atoms with Gasteiger partial charge in [0.15, 0.2) is 5.96 Å². The molecule has 0 saturated carbocycles. The fourth-order valence-corrected chi connectivity index (χ4v) is 3.30. The fourth-order valence-electron chi connectivity index (χ4n) is 3.30. The molecule has 1 fully saturated rings. The summed E-state index contributed by atoms with van der Waals surface area (Å²) in [7, 11) is 0. The van der Waals surface area contributed by atoms with Crippen molar-refractivity contribution in [1.29, 1.82) is 0 Å². The third-order valence-corrected chi connectivity index (χ3v) is 4.81. The summed E-state index contributed by atoms with van der Waals surface area (Å²) < 4.78 is 5.08. The lowest BCUT2D eigenvalue weighted by molar-refractivity contribution is -0.116. The molecule has 30 heavy (non-hydrogen) atoms. The molecule has 2 rings (SSSR count). The van der Waals surface area contributed by atoms with Crippen LogP contribution in [-0.4, -0.2) is 55.1 Å². The maximum absolute atomic E-state index is 11.8. The minimum Gasteiger partial charge on any atom is -0.450 e. The Labute approximate surface area is 179 Å². The Bertz CT molecular complexity index is 714. The van der Waals surface area contributed by atoms with Crippen molar-refractivity contribution in [2.24, 2.45) is 4.99 Å². The van der Waals surface area contributed by atoms with Crippen LogP contribution in [0.2, 0.25) is 0 Å². The number of piperidine rings is 1. The van der Waals surface area contributed by atoms with Crippen LogP contribution in [0.1, 0.15) is 52.0 Å². The molecule has 2 amide bonds. The molecule has 1 heterocycles. The maximum Gasteiger partial charge on any atom is 0.409 e. The molecular formula is C22H35N5O3. The lowest BCUT2D eigenvalue weighted by Gasteiger charge is -2.32. The minimum atomic E-state index is -0.234. The van der Waals surface area contributed by atoms with Crippen LogP contribution >= 0.6 is 0 Å². The van der Waals surface area contributed by atoms with Gasteiger partial charge >= 0.3 is 6.09 Å². The topological polar surface area (TPSA) is 95.1 Å². The van der Waals surface area contributed by atoms with E-state index in [0.717, 1.165) is 43.0 Å². The number of nitrogens with zero attached hydrogens (tertiary/aromatic N) is 2. The number of guanidine groups is 1. The van der Waals surface area contributed by atoms with E-state index in [2.05, 4.69) is 16.0 Å². The number of benzene rings is 1. The van der Waals surface area contributed by atoms with E-state index >= 15 is 0 Å². The van der Waals surface area contributed by atoms with Gasteiger partial charge in [-0.3, -0.25) is 4.79 Å². The van der Waals surface area contributed by atoms with E-state index in [1.807, 2.05) is 45.0 Å². The zero-order valence-electron chi connectivity index (χ0n) is 18.4. The number of hydrogen-bond acceptors (Lipinski definition) is 4. The summed E-state index contributed by atoms with van der Waals surface area (Å²) in [5.74, 6) is 0.787. The number of amides is 2. The van der Waals surface area contributed by atoms with Crippen molar-refractivity contribution < 1.29 is 14.3 Å². The molecule has 8 heteroatoms. The highest BCUT2D eigenvalue weighted by Crippen LogP contribution is 2.13. The van der Waals surface area contributed by atoms with Gasteiger partial charge in [0, 0.05) is 37.8 Å². The molecule has 166 valence electrons. The second-order valence-corrected chi connectivity index (χ2v) is 7.30. The standard InChI is InChI=1S/C22H35N5O3/c1-4-8-20(28)25-19-10-7-9-17(15-19)16-24-21(23-5-2)26-18-11-13-27(14-12-18)22(29)30-6-3/h7,9-10,15,18H,4-6,8,11-14,16H2,1-3H3,(H,25,28)(H2,23,24,26). The van der Waals surface area contributed by atoms with Crippen LogP contribution in [0.3, 0.4) is 0 Å². The third-order valence-electron chi connectivity index (χ3n) is 4.81. The SMILES string of the molecule is CCCC(=O)Nc1cccc(CN=C(NCC)NC2CCN(C(=O)OCC)CC2)c1.